The first-order valence-corrected chi connectivity index (χ1v) is 7.95. The molecule has 0 amide bonds. The minimum atomic E-state index is -4.84. The topological polar surface area (TPSA) is 74.7 Å². The number of rotatable bonds is 3. The van der Waals surface area contributed by atoms with Gasteiger partial charge in [-0.2, -0.15) is 17.5 Å². The molecule has 0 aliphatic carbocycles. The number of nitrogens with zero attached hydrogens (tertiary/aromatic N) is 1. The van der Waals surface area contributed by atoms with Gasteiger partial charge < -0.3 is 5.11 Å². The van der Waals surface area contributed by atoms with Crippen LogP contribution in [0.5, 0.6) is 0 Å². The summed E-state index contributed by atoms with van der Waals surface area (Å²) >= 11 is 0. The molecule has 1 saturated heterocycles. The summed E-state index contributed by atoms with van der Waals surface area (Å²) < 4.78 is 77.7. The van der Waals surface area contributed by atoms with Crippen molar-refractivity contribution in [1.29, 1.82) is 0 Å². The maximum atomic E-state index is 13.5. The van der Waals surface area contributed by atoms with Crippen molar-refractivity contribution >= 4 is 16.0 Å². The molecule has 2 atom stereocenters. The fourth-order valence-corrected chi connectivity index (χ4v) is 4.28. The van der Waals surface area contributed by atoms with Gasteiger partial charge in [-0.25, -0.2) is 12.8 Å². The Morgan fingerprint density at radius 3 is 2.39 bits per heavy atom. The van der Waals surface area contributed by atoms with E-state index in [4.69, 9.17) is 5.11 Å². The zero-order chi connectivity index (χ0) is 17.6. The predicted octanol–water partition coefficient (Wildman–Crippen LogP) is 2.02. The van der Waals surface area contributed by atoms with Gasteiger partial charge >= 0.3 is 12.1 Å². The van der Waals surface area contributed by atoms with Crippen molar-refractivity contribution in [3.63, 3.8) is 0 Å². The first-order valence-electron chi connectivity index (χ1n) is 6.51. The van der Waals surface area contributed by atoms with Crippen LogP contribution in [0.25, 0.3) is 0 Å². The van der Waals surface area contributed by atoms with E-state index in [0.29, 0.717) is 4.31 Å². The molecule has 0 aromatic heterocycles. The quantitative estimate of drug-likeness (QED) is 0.842. The molecule has 10 heteroatoms. The van der Waals surface area contributed by atoms with E-state index >= 15 is 0 Å². The second-order valence-corrected chi connectivity index (χ2v) is 7.18. The summed E-state index contributed by atoms with van der Waals surface area (Å²) in [6.45, 7) is -0.620. The Morgan fingerprint density at radius 1 is 1.30 bits per heavy atom. The molecule has 0 unspecified atom stereocenters. The van der Waals surface area contributed by atoms with Crippen molar-refractivity contribution in [2.45, 2.75) is 18.0 Å². The van der Waals surface area contributed by atoms with Crippen molar-refractivity contribution in [2.75, 3.05) is 13.1 Å². The van der Waals surface area contributed by atoms with Crippen LogP contribution in [0, 0.1) is 24.6 Å². The fourth-order valence-electron chi connectivity index (χ4n) is 2.55. The lowest BCUT2D eigenvalue weighted by molar-refractivity contribution is -0.187. The monoisotopic (exact) mass is 355 g/mol. The Labute approximate surface area is 129 Å². The molecule has 2 rings (SSSR count). The SMILES string of the molecule is Cc1c(F)cccc1S(=O)(=O)N1C[C@@H](C(F)(F)F)[C@H](C(=O)O)C1. The standard InChI is InChI=1S/C13H13F4NO4S/c1-7-10(14)3-2-4-11(7)23(21,22)18-5-8(12(19)20)9(6-18)13(15,16)17/h2-4,8-9H,5-6H2,1H3,(H,19,20)/t8-,9-/m1/s1. The highest BCUT2D eigenvalue weighted by molar-refractivity contribution is 7.89. The smallest absolute Gasteiger partial charge is 0.393 e. The molecule has 1 fully saturated rings. The number of carboxylic acids is 1. The lowest BCUT2D eigenvalue weighted by Gasteiger charge is -2.19. The summed E-state index contributed by atoms with van der Waals surface area (Å²) in [5, 5.41) is 8.92. The van der Waals surface area contributed by atoms with E-state index in [1.807, 2.05) is 0 Å². The van der Waals surface area contributed by atoms with E-state index in [0.717, 1.165) is 18.2 Å². The summed E-state index contributed by atoms with van der Waals surface area (Å²) in [6.07, 6.45) is -4.84. The molecule has 1 aromatic rings. The molecule has 128 valence electrons. The van der Waals surface area contributed by atoms with E-state index in [1.165, 1.54) is 6.92 Å². The van der Waals surface area contributed by atoms with Gasteiger partial charge in [-0.15, -0.1) is 0 Å². The fraction of sp³-hybridized carbons (Fsp3) is 0.462. The van der Waals surface area contributed by atoms with Crippen molar-refractivity contribution in [3.05, 3.63) is 29.6 Å². The van der Waals surface area contributed by atoms with Crippen LogP contribution in [-0.2, 0) is 14.8 Å². The number of aliphatic carboxylic acids is 1. The molecule has 0 radical (unpaired) electrons. The summed E-state index contributed by atoms with van der Waals surface area (Å²) in [5.74, 6) is -6.73. The predicted molar refractivity (Wildman–Crippen MR) is 70.6 cm³/mol. The number of hydrogen-bond acceptors (Lipinski definition) is 3. The van der Waals surface area contributed by atoms with Crippen LogP contribution in [-0.4, -0.2) is 43.1 Å². The average molecular weight is 355 g/mol. The van der Waals surface area contributed by atoms with Crippen molar-refractivity contribution in [2.24, 2.45) is 11.8 Å². The van der Waals surface area contributed by atoms with Crippen LogP contribution in [0.4, 0.5) is 17.6 Å². The summed E-state index contributed by atoms with van der Waals surface area (Å²) in [5.41, 5.74) is -0.227. The second kappa shape index (κ2) is 5.75. The Kier molecular flexibility index (Phi) is 4.42. The van der Waals surface area contributed by atoms with Crippen LogP contribution in [0.2, 0.25) is 0 Å². The Morgan fingerprint density at radius 2 is 1.91 bits per heavy atom. The van der Waals surface area contributed by atoms with Crippen LogP contribution in [0.3, 0.4) is 0 Å². The molecule has 1 heterocycles. The highest BCUT2D eigenvalue weighted by Crippen LogP contribution is 2.40. The maximum Gasteiger partial charge on any atom is 0.393 e. The maximum absolute atomic E-state index is 13.5. The third kappa shape index (κ3) is 3.18. The molecule has 1 aliphatic rings. The first kappa shape index (κ1) is 17.7. The summed E-state index contributed by atoms with van der Waals surface area (Å²) in [6, 6.07) is 3.22. The molecule has 1 aliphatic heterocycles. The molecule has 1 N–H and O–H groups in total. The summed E-state index contributed by atoms with van der Waals surface area (Å²) in [7, 11) is -4.42. The van der Waals surface area contributed by atoms with E-state index in [-0.39, 0.29) is 5.56 Å². The van der Waals surface area contributed by atoms with E-state index in [9.17, 15) is 30.8 Å². The average Bonchev–Trinajstić information content (AvgIpc) is 2.87. The highest BCUT2D eigenvalue weighted by Gasteiger charge is 2.55. The first-order chi connectivity index (χ1) is 10.5. The van der Waals surface area contributed by atoms with E-state index in [2.05, 4.69) is 0 Å². The number of carboxylic acid groups (broad SMARTS) is 1. The number of sulfonamides is 1. The van der Waals surface area contributed by atoms with Crippen molar-refractivity contribution < 1.29 is 35.9 Å². The van der Waals surface area contributed by atoms with Crippen LogP contribution in [0.15, 0.2) is 23.1 Å². The molecular weight excluding hydrogens is 342 g/mol. The molecule has 1 aromatic carbocycles. The Bertz CT molecular complexity index is 732. The largest absolute Gasteiger partial charge is 0.481 e. The minimum absolute atomic E-state index is 0.227. The third-order valence-electron chi connectivity index (χ3n) is 3.86. The van der Waals surface area contributed by atoms with Gasteiger partial charge in [0, 0.05) is 18.7 Å². The number of alkyl halides is 3. The van der Waals surface area contributed by atoms with Crippen LogP contribution < -0.4 is 0 Å². The van der Waals surface area contributed by atoms with Crippen molar-refractivity contribution in [3.8, 4) is 0 Å². The van der Waals surface area contributed by atoms with Gasteiger partial charge in [0.15, 0.2) is 0 Å². The molecule has 0 spiro atoms. The second-order valence-electron chi connectivity index (χ2n) is 5.28. The van der Waals surface area contributed by atoms with Crippen LogP contribution in [0.1, 0.15) is 5.56 Å². The zero-order valence-electron chi connectivity index (χ0n) is 11.8. The number of carbonyl (C=O) groups is 1. The van der Waals surface area contributed by atoms with E-state index < -0.39 is 57.8 Å². The zero-order valence-corrected chi connectivity index (χ0v) is 12.7. The number of benzene rings is 1. The van der Waals surface area contributed by atoms with Crippen molar-refractivity contribution in [1.82, 2.24) is 4.31 Å². The Balaban J connectivity index is 2.42. The molecule has 0 bridgehead atoms. The van der Waals surface area contributed by atoms with Gasteiger partial charge in [0.05, 0.1) is 16.7 Å². The van der Waals surface area contributed by atoms with E-state index in [1.54, 1.807) is 0 Å². The van der Waals surface area contributed by atoms with Gasteiger partial charge in [-0.1, -0.05) is 6.07 Å². The molecule has 0 saturated carbocycles. The minimum Gasteiger partial charge on any atom is -0.481 e. The number of hydrogen-bond donors (Lipinski definition) is 1. The lowest BCUT2D eigenvalue weighted by Crippen LogP contribution is -2.34. The van der Waals surface area contributed by atoms with Gasteiger partial charge in [-0.3, -0.25) is 4.79 Å². The normalized spacial score (nSPS) is 23.2. The highest BCUT2D eigenvalue weighted by atomic mass is 32.2. The lowest BCUT2D eigenvalue weighted by atomic mass is 9.96. The van der Waals surface area contributed by atoms with Gasteiger partial charge in [0.25, 0.3) is 0 Å². The molecular formula is C13H13F4NO4S. The Hall–Kier alpha value is -1.68. The van der Waals surface area contributed by atoms with Gasteiger partial charge in [-0.05, 0) is 19.1 Å². The third-order valence-corrected chi connectivity index (χ3v) is 5.84. The number of halogens is 4. The van der Waals surface area contributed by atoms with Gasteiger partial charge in [0.2, 0.25) is 10.0 Å². The van der Waals surface area contributed by atoms with Gasteiger partial charge in [0.1, 0.15) is 5.82 Å². The summed E-state index contributed by atoms with van der Waals surface area (Å²) in [4.78, 5) is 10.5. The molecule has 23 heavy (non-hydrogen) atoms. The molecule has 5 nitrogen and oxygen atoms in total. The van der Waals surface area contributed by atoms with Crippen LogP contribution >= 0.6 is 0 Å².